The molecule has 4 rings (SSSR count). The Kier molecular flexibility index (Phi) is 5.60. The number of anilines is 1. The monoisotopic (exact) mass is 464 g/mol. The number of aryl methyl sites for hydroxylation is 1. The summed E-state index contributed by atoms with van der Waals surface area (Å²) in [5, 5.41) is 10.9. The molecule has 0 bridgehead atoms. The zero-order valence-electron chi connectivity index (χ0n) is 17.9. The summed E-state index contributed by atoms with van der Waals surface area (Å²) in [5.41, 5.74) is -0.125. The number of aromatic nitrogens is 3. The lowest BCUT2D eigenvalue weighted by Gasteiger charge is -2.33. The minimum Gasteiger partial charge on any atom is -0.324 e. The number of thiophene rings is 1. The van der Waals surface area contributed by atoms with Gasteiger partial charge in [0.05, 0.1) is 10.9 Å². The Bertz CT molecular complexity index is 1240. The van der Waals surface area contributed by atoms with Gasteiger partial charge in [-0.3, -0.25) is 9.59 Å². The van der Waals surface area contributed by atoms with Crippen molar-refractivity contribution in [1.29, 1.82) is 0 Å². The highest BCUT2D eigenvalue weighted by Gasteiger charge is 2.32. The molecule has 2 heterocycles. The van der Waals surface area contributed by atoms with Crippen molar-refractivity contribution in [1.82, 2.24) is 15.0 Å². The lowest BCUT2D eigenvalue weighted by molar-refractivity contribution is -0.137. The maximum atomic E-state index is 13.1. The molecular formula is C22H23F3N4O2S. The van der Waals surface area contributed by atoms with Crippen molar-refractivity contribution in [3.63, 3.8) is 0 Å². The fourth-order valence-corrected chi connectivity index (χ4v) is 5.31. The molecule has 1 amide bonds. The van der Waals surface area contributed by atoms with Gasteiger partial charge in [0.15, 0.2) is 4.83 Å². The van der Waals surface area contributed by atoms with Crippen LogP contribution in [-0.2, 0) is 30.4 Å². The Balaban J connectivity index is 1.57. The number of alkyl halides is 3. The Morgan fingerprint density at radius 2 is 2.03 bits per heavy atom. The van der Waals surface area contributed by atoms with E-state index in [4.69, 9.17) is 0 Å². The van der Waals surface area contributed by atoms with Gasteiger partial charge in [-0.2, -0.15) is 13.2 Å². The molecular weight excluding hydrogens is 441 g/mol. The van der Waals surface area contributed by atoms with Crippen LogP contribution in [0.5, 0.6) is 0 Å². The van der Waals surface area contributed by atoms with E-state index in [1.165, 1.54) is 23.5 Å². The minimum absolute atomic E-state index is 0.00644. The van der Waals surface area contributed by atoms with E-state index < -0.39 is 29.8 Å². The van der Waals surface area contributed by atoms with E-state index in [2.05, 4.69) is 36.4 Å². The SMILES string of the molecule is CC(C)(C)[C@H]1CCc2c(sc3nnn(CC(=O)Nc4cccc(C(F)(F)F)c4)c(=O)c23)C1. The van der Waals surface area contributed by atoms with Gasteiger partial charge in [-0.1, -0.05) is 32.1 Å². The molecule has 1 aromatic carbocycles. The number of carbonyl (C=O) groups is 1. The third kappa shape index (κ3) is 4.41. The van der Waals surface area contributed by atoms with E-state index in [-0.39, 0.29) is 11.1 Å². The molecule has 0 saturated heterocycles. The van der Waals surface area contributed by atoms with Gasteiger partial charge >= 0.3 is 6.18 Å². The quantitative estimate of drug-likeness (QED) is 0.612. The van der Waals surface area contributed by atoms with Gasteiger partial charge in [0, 0.05) is 10.6 Å². The third-order valence-corrected chi connectivity index (χ3v) is 7.07. The number of amides is 1. The first-order valence-electron chi connectivity index (χ1n) is 10.3. The predicted molar refractivity (Wildman–Crippen MR) is 117 cm³/mol. The van der Waals surface area contributed by atoms with Crippen LogP contribution in [0.25, 0.3) is 10.2 Å². The molecule has 32 heavy (non-hydrogen) atoms. The van der Waals surface area contributed by atoms with Gasteiger partial charge in [-0.05, 0) is 54.4 Å². The zero-order chi connectivity index (χ0) is 23.3. The van der Waals surface area contributed by atoms with Crippen molar-refractivity contribution in [2.24, 2.45) is 11.3 Å². The number of hydrogen-bond acceptors (Lipinski definition) is 5. The number of fused-ring (bicyclic) bond motifs is 3. The number of nitrogens with zero attached hydrogens (tertiary/aromatic N) is 3. The van der Waals surface area contributed by atoms with E-state index >= 15 is 0 Å². The van der Waals surface area contributed by atoms with Crippen molar-refractivity contribution in [2.45, 2.75) is 52.8 Å². The predicted octanol–water partition coefficient (Wildman–Crippen LogP) is 4.66. The van der Waals surface area contributed by atoms with Crippen LogP contribution in [0.3, 0.4) is 0 Å². The van der Waals surface area contributed by atoms with Crippen LogP contribution in [0.15, 0.2) is 29.1 Å². The Labute approximate surface area is 186 Å². The van der Waals surface area contributed by atoms with Crippen LogP contribution >= 0.6 is 11.3 Å². The molecule has 10 heteroatoms. The summed E-state index contributed by atoms with van der Waals surface area (Å²) in [6.07, 6.45) is -1.89. The van der Waals surface area contributed by atoms with Gasteiger partial charge < -0.3 is 5.32 Å². The molecule has 1 aliphatic carbocycles. The first-order valence-corrected chi connectivity index (χ1v) is 11.1. The maximum absolute atomic E-state index is 13.1. The summed E-state index contributed by atoms with van der Waals surface area (Å²) in [6, 6.07) is 4.32. The van der Waals surface area contributed by atoms with Crippen molar-refractivity contribution in [2.75, 3.05) is 5.32 Å². The van der Waals surface area contributed by atoms with E-state index in [1.54, 1.807) is 0 Å². The molecule has 0 spiro atoms. The number of hydrogen-bond donors (Lipinski definition) is 1. The molecule has 0 unspecified atom stereocenters. The highest BCUT2D eigenvalue weighted by atomic mass is 32.1. The number of halogens is 3. The molecule has 1 atom stereocenters. The zero-order valence-corrected chi connectivity index (χ0v) is 18.7. The highest BCUT2D eigenvalue weighted by molar-refractivity contribution is 7.18. The summed E-state index contributed by atoms with van der Waals surface area (Å²) >= 11 is 1.47. The maximum Gasteiger partial charge on any atom is 0.416 e. The molecule has 2 aromatic heterocycles. The summed E-state index contributed by atoms with van der Waals surface area (Å²) in [5.74, 6) is -0.145. The lowest BCUT2D eigenvalue weighted by atomic mass is 9.72. The first kappa shape index (κ1) is 22.4. The van der Waals surface area contributed by atoms with Crippen LogP contribution in [0.4, 0.5) is 18.9 Å². The highest BCUT2D eigenvalue weighted by Crippen LogP contribution is 2.41. The van der Waals surface area contributed by atoms with Crippen LogP contribution in [-0.4, -0.2) is 20.9 Å². The Morgan fingerprint density at radius 3 is 2.72 bits per heavy atom. The van der Waals surface area contributed by atoms with Crippen molar-refractivity contribution >= 4 is 33.1 Å². The first-order chi connectivity index (χ1) is 14.9. The minimum atomic E-state index is -4.52. The van der Waals surface area contributed by atoms with E-state index in [9.17, 15) is 22.8 Å². The summed E-state index contributed by atoms with van der Waals surface area (Å²) < 4.78 is 39.6. The molecule has 0 fully saturated rings. The van der Waals surface area contributed by atoms with Gasteiger partial charge in [-0.15, -0.1) is 16.4 Å². The molecule has 1 aliphatic rings. The van der Waals surface area contributed by atoms with E-state index in [1.807, 2.05) is 0 Å². The number of nitrogens with one attached hydrogen (secondary N) is 1. The van der Waals surface area contributed by atoms with Gasteiger partial charge in [0.1, 0.15) is 6.54 Å². The second-order valence-electron chi connectivity index (χ2n) is 9.17. The molecule has 3 aromatic rings. The standard InChI is InChI=1S/C22H23F3N4O2S/c1-21(2,3)12-7-8-15-16(10-12)32-19-18(15)20(31)29(28-27-19)11-17(30)26-14-6-4-5-13(9-14)22(23,24)25/h4-6,9,12H,7-8,10-11H2,1-3H3,(H,26,30)/t12-/m0/s1. The second kappa shape index (κ2) is 7.99. The summed E-state index contributed by atoms with van der Waals surface area (Å²) in [6.45, 7) is 6.20. The second-order valence-corrected chi connectivity index (χ2v) is 10.3. The van der Waals surface area contributed by atoms with Crippen LogP contribution in [0, 0.1) is 11.3 Å². The van der Waals surface area contributed by atoms with Gasteiger partial charge in [0.25, 0.3) is 5.56 Å². The molecule has 6 nitrogen and oxygen atoms in total. The van der Waals surface area contributed by atoms with Crippen molar-refractivity contribution < 1.29 is 18.0 Å². The number of carbonyl (C=O) groups excluding carboxylic acids is 1. The normalized spacial score (nSPS) is 16.8. The number of benzene rings is 1. The lowest BCUT2D eigenvalue weighted by Crippen LogP contribution is -2.31. The van der Waals surface area contributed by atoms with Gasteiger partial charge in [-0.25, -0.2) is 4.68 Å². The molecule has 0 aliphatic heterocycles. The van der Waals surface area contributed by atoms with Crippen molar-refractivity contribution in [3.05, 3.63) is 50.6 Å². The number of rotatable bonds is 3. The summed E-state index contributed by atoms with van der Waals surface area (Å²) in [7, 11) is 0. The summed E-state index contributed by atoms with van der Waals surface area (Å²) in [4.78, 5) is 27.1. The Hall–Kier alpha value is -2.75. The largest absolute Gasteiger partial charge is 0.416 e. The topological polar surface area (TPSA) is 76.9 Å². The van der Waals surface area contributed by atoms with E-state index in [0.717, 1.165) is 46.5 Å². The molecule has 170 valence electrons. The fraction of sp³-hybridized carbons (Fsp3) is 0.455. The fourth-order valence-electron chi connectivity index (χ4n) is 4.08. The third-order valence-electron chi connectivity index (χ3n) is 5.93. The van der Waals surface area contributed by atoms with Crippen LogP contribution in [0.1, 0.15) is 43.2 Å². The molecule has 0 saturated carbocycles. The Morgan fingerprint density at radius 1 is 1.28 bits per heavy atom. The molecule has 1 N–H and O–H groups in total. The van der Waals surface area contributed by atoms with Gasteiger partial charge in [0.2, 0.25) is 5.91 Å². The van der Waals surface area contributed by atoms with Crippen LogP contribution in [0.2, 0.25) is 0 Å². The average Bonchev–Trinajstić information content (AvgIpc) is 3.07. The smallest absolute Gasteiger partial charge is 0.324 e. The molecule has 0 radical (unpaired) electrons. The van der Waals surface area contributed by atoms with Crippen molar-refractivity contribution in [3.8, 4) is 0 Å². The van der Waals surface area contributed by atoms with E-state index in [0.29, 0.717) is 16.1 Å². The average molecular weight is 465 g/mol. The van der Waals surface area contributed by atoms with Crippen LogP contribution < -0.4 is 10.9 Å².